The standard InChI is InChI=1S/C14H14BrN3/c15-12-3-1-2-11(6-12)14-17-8-10(9-18-14)7-16-13-4-5-13/h1-3,6,8-9,13,16H,4-5,7H2. The number of rotatable bonds is 4. The van der Waals surface area contributed by atoms with Crippen molar-refractivity contribution < 1.29 is 0 Å². The van der Waals surface area contributed by atoms with E-state index in [9.17, 15) is 0 Å². The molecule has 1 aromatic carbocycles. The molecule has 18 heavy (non-hydrogen) atoms. The van der Waals surface area contributed by atoms with Gasteiger partial charge in [0.2, 0.25) is 0 Å². The van der Waals surface area contributed by atoms with E-state index in [2.05, 4.69) is 31.2 Å². The number of nitrogens with zero attached hydrogens (tertiary/aromatic N) is 2. The number of nitrogens with one attached hydrogen (secondary N) is 1. The van der Waals surface area contributed by atoms with Gasteiger partial charge in [0.1, 0.15) is 0 Å². The second-order valence-electron chi connectivity index (χ2n) is 4.58. The second kappa shape index (κ2) is 5.16. The van der Waals surface area contributed by atoms with Crippen molar-refractivity contribution in [1.29, 1.82) is 0 Å². The fraction of sp³-hybridized carbons (Fsp3) is 0.286. The van der Waals surface area contributed by atoms with Gasteiger partial charge in [-0.2, -0.15) is 0 Å². The third-order valence-electron chi connectivity index (χ3n) is 2.96. The Morgan fingerprint density at radius 2 is 2.00 bits per heavy atom. The molecule has 1 aliphatic carbocycles. The molecule has 1 aromatic heterocycles. The van der Waals surface area contributed by atoms with Crippen LogP contribution in [0.3, 0.4) is 0 Å². The molecule has 92 valence electrons. The maximum atomic E-state index is 4.42. The third kappa shape index (κ3) is 2.94. The van der Waals surface area contributed by atoms with E-state index in [1.165, 1.54) is 12.8 Å². The van der Waals surface area contributed by atoms with Gasteiger partial charge >= 0.3 is 0 Å². The van der Waals surface area contributed by atoms with Crippen molar-refractivity contribution in [2.75, 3.05) is 0 Å². The van der Waals surface area contributed by atoms with Crippen LogP contribution in [0.1, 0.15) is 18.4 Å². The number of hydrogen-bond acceptors (Lipinski definition) is 3. The minimum absolute atomic E-state index is 0.717. The fourth-order valence-corrected chi connectivity index (χ4v) is 2.17. The van der Waals surface area contributed by atoms with Gasteiger partial charge in [0, 0.05) is 40.6 Å². The summed E-state index contributed by atoms with van der Waals surface area (Å²) >= 11 is 3.46. The molecule has 1 fully saturated rings. The zero-order chi connectivity index (χ0) is 12.4. The minimum Gasteiger partial charge on any atom is -0.310 e. The van der Waals surface area contributed by atoms with Crippen LogP contribution in [0.5, 0.6) is 0 Å². The highest BCUT2D eigenvalue weighted by Crippen LogP contribution is 2.20. The monoisotopic (exact) mass is 303 g/mol. The molecule has 0 spiro atoms. The van der Waals surface area contributed by atoms with Gasteiger partial charge in [0.15, 0.2) is 5.82 Å². The summed E-state index contributed by atoms with van der Waals surface area (Å²) in [6.07, 6.45) is 6.41. The molecule has 1 heterocycles. The van der Waals surface area contributed by atoms with Gasteiger partial charge in [0.25, 0.3) is 0 Å². The SMILES string of the molecule is Brc1cccc(-c2ncc(CNC3CC3)cn2)c1. The summed E-state index contributed by atoms with van der Waals surface area (Å²) in [4.78, 5) is 8.83. The summed E-state index contributed by atoms with van der Waals surface area (Å²) in [5.74, 6) is 0.770. The van der Waals surface area contributed by atoms with Crippen molar-refractivity contribution in [3.05, 3.63) is 46.7 Å². The van der Waals surface area contributed by atoms with Crippen molar-refractivity contribution in [2.24, 2.45) is 0 Å². The lowest BCUT2D eigenvalue weighted by Crippen LogP contribution is -2.15. The summed E-state index contributed by atoms with van der Waals surface area (Å²) in [7, 11) is 0. The normalized spacial score (nSPS) is 14.7. The Morgan fingerprint density at radius 1 is 1.22 bits per heavy atom. The molecule has 0 bridgehead atoms. The summed E-state index contributed by atoms with van der Waals surface area (Å²) in [5, 5.41) is 3.45. The molecule has 3 rings (SSSR count). The molecule has 3 nitrogen and oxygen atoms in total. The van der Waals surface area contributed by atoms with E-state index in [1.54, 1.807) is 0 Å². The van der Waals surface area contributed by atoms with Crippen LogP contribution in [0.4, 0.5) is 0 Å². The molecule has 0 saturated heterocycles. The van der Waals surface area contributed by atoms with Gasteiger partial charge in [-0.1, -0.05) is 28.1 Å². The highest BCUT2D eigenvalue weighted by atomic mass is 79.9. The topological polar surface area (TPSA) is 37.8 Å². The summed E-state index contributed by atoms with van der Waals surface area (Å²) < 4.78 is 1.04. The van der Waals surface area contributed by atoms with E-state index in [0.29, 0.717) is 0 Å². The molecule has 1 saturated carbocycles. The van der Waals surface area contributed by atoms with Crippen LogP contribution in [-0.4, -0.2) is 16.0 Å². The molecule has 0 aliphatic heterocycles. The predicted molar refractivity (Wildman–Crippen MR) is 75.0 cm³/mol. The van der Waals surface area contributed by atoms with E-state index in [-0.39, 0.29) is 0 Å². The Bertz CT molecular complexity index is 535. The molecule has 0 atom stereocenters. The van der Waals surface area contributed by atoms with E-state index in [4.69, 9.17) is 0 Å². The molecule has 4 heteroatoms. The van der Waals surface area contributed by atoms with Crippen LogP contribution >= 0.6 is 15.9 Å². The zero-order valence-corrected chi connectivity index (χ0v) is 11.5. The number of benzene rings is 1. The Labute approximate surface area is 115 Å². The van der Waals surface area contributed by atoms with Crippen LogP contribution in [0.2, 0.25) is 0 Å². The van der Waals surface area contributed by atoms with Gasteiger partial charge in [0.05, 0.1) is 0 Å². The lowest BCUT2D eigenvalue weighted by atomic mass is 10.2. The highest BCUT2D eigenvalue weighted by molar-refractivity contribution is 9.10. The van der Waals surface area contributed by atoms with Crippen molar-refractivity contribution in [2.45, 2.75) is 25.4 Å². The molecular weight excluding hydrogens is 290 g/mol. The van der Waals surface area contributed by atoms with Gasteiger partial charge < -0.3 is 5.32 Å². The summed E-state index contributed by atoms with van der Waals surface area (Å²) in [6, 6.07) is 8.75. The number of halogens is 1. The lowest BCUT2D eigenvalue weighted by Gasteiger charge is -2.04. The molecule has 0 unspecified atom stereocenters. The van der Waals surface area contributed by atoms with Gasteiger partial charge in [-0.05, 0) is 25.0 Å². The number of hydrogen-bond donors (Lipinski definition) is 1. The lowest BCUT2D eigenvalue weighted by molar-refractivity contribution is 0.683. The second-order valence-corrected chi connectivity index (χ2v) is 5.50. The number of aromatic nitrogens is 2. The van der Waals surface area contributed by atoms with Crippen LogP contribution in [0.25, 0.3) is 11.4 Å². The highest BCUT2D eigenvalue weighted by Gasteiger charge is 2.19. The summed E-state index contributed by atoms with van der Waals surface area (Å²) in [5.41, 5.74) is 2.17. The minimum atomic E-state index is 0.717. The van der Waals surface area contributed by atoms with Crippen molar-refractivity contribution in [3.63, 3.8) is 0 Å². The molecule has 1 aliphatic rings. The first-order valence-corrected chi connectivity index (χ1v) is 6.91. The van der Waals surface area contributed by atoms with Gasteiger partial charge in [-0.25, -0.2) is 9.97 Å². The van der Waals surface area contributed by atoms with E-state index >= 15 is 0 Å². The first-order chi connectivity index (χ1) is 8.81. The average molecular weight is 304 g/mol. The average Bonchev–Trinajstić information content (AvgIpc) is 3.21. The van der Waals surface area contributed by atoms with Crippen LogP contribution in [0.15, 0.2) is 41.1 Å². The van der Waals surface area contributed by atoms with Crippen molar-refractivity contribution in [3.8, 4) is 11.4 Å². The maximum absolute atomic E-state index is 4.42. The maximum Gasteiger partial charge on any atom is 0.159 e. The molecule has 2 aromatic rings. The Hall–Kier alpha value is -1.26. The predicted octanol–water partition coefficient (Wildman–Crippen LogP) is 3.16. The van der Waals surface area contributed by atoms with Gasteiger partial charge in [-0.15, -0.1) is 0 Å². The quantitative estimate of drug-likeness (QED) is 0.943. The van der Waals surface area contributed by atoms with Gasteiger partial charge in [-0.3, -0.25) is 0 Å². The molecular formula is C14H14BrN3. The Balaban J connectivity index is 1.73. The van der Waals surface area contributed by atoms with Crippen molar-refractivity contribution in [1.82, 2.24) is 15.3 Å². The van der Waals surface area contributed by atoms with Crippen LogP contribution in [0, 0.1) is 0 Å². The molecule has 1 N–H and O–H groups in total. The van der Waals surface area contributed by atoms with Crippen LogP contribution < -0.4 is 5.32 Å². The largest absolute Gasteiger partial charge is 0.310 e. The smallest absolute Gasteiger partial charge is 0.159 e. The van der Waals surface area contributed by atoms with Crippen molar-refractivity contribution >= 4 is 15.9 Å². The first kappa shape index (κ1) is 11.8. The van der Waals surface area contributed by atoms with Crippen LogP contribution in [-0.2, 0) is 6.54 Å². The molecule has 0 radical (unpaired) electrons. The van der Waals surface area contributed by atoms with E-state index in [1.807, 2.05) is 36.7 Å². The molecule has 0 amide bonds. The van der Waals surface area contributed by atoms with E-state index in [0.717, 1.165) is 34.0 Å². The zero-order valence-electron chi connectivity index (χ0n) is 9.94. The first-order valence-electron chi connectivity index (χ1n) is 6.11. The third-order valence-corrected chi connectivity index (χ3v) is 3.45. The Morgan fingerprint density at radius 3 is 2.67 bits per heavy atom. The summed E-state index contributed by atoms with van der Waals surface area (Å²) in [6.45, 7) is 0.865. The fourth-order valence-electron chi connectivity index (χ4n) is 1.77. The van der Waals surface area contributed by atoms with E-state index < -0.39 is 0 Å². The Kier molecular flexibility index (Phi) is 3.39.